The average Bonchev–Trinajstić information content (AvgIpc) is 2.16. The molecule has 0 aromatic rings. The van der Waals surface area contributed by atoms with Crippen LogP contribution >= 0.6 is 0 Å². The van der Waals surface area contributed by atoms with Gasteiger partial charge in [-0.15, -0.1) is 0 Å². The average molecular weight is 244 g/mol. The van der Waals surface area contributed by atoms with Crippen LogP contribution in [0.4, 0.5) is 0 Å². The molecule has 0 aliphatic rings. The fraction of sp³-hybridized carbons (Fsp3) is 0.929. The highest BCUT2D eigenvalue weighted by Gasteiger charge is 2.21. The van der Waals surface area contributed by atoms with Crippen LogP contribution in [0.25, 0.3) is 0 Å². The van der Waals surface area contributed by atoms with Gasteiger partial charge < -0.3 is 14.3 Å². The maximum Gasteiger partial charge on any atom is 0.155 e. The van der Waals surface area contributed by atoms with E-state index in [2.05, 4.69) is 20.8 Å². The van der Waals surface area contributed by atoms with Crippen LogP contribution in [0, 0.1) is 5.92 Å². The van der Waals surface area contributed by atoms with E-state index in [4.69, 9.17) is 9.47 Å². The van der Waals surface area contributed by atoms with Gasteiger partial charge in [0.2, 0.25) is 0 Å². The molecule has 0 fully saturated rings. The van der Waals surface area contributed by atoms with Gasteiger partial charge in [0.15, 0.2) is 6.29 Å². The molecule has 0 saturated heterocycles. The summed E-state index contributed by atoms with van der Waals surface area (Å²) in [6.07, 6.45) is 4.67. The number of hydrogen-bond acceptors (Lipinski definition) is 3. The van der Waals surface area contributed by atoms with E-state index < -0.39 is 0 Å². The number of carbonyl (C=O) groups is 1. The zero-order valence-electron chi connectivity index (χ0n) is 12.0. The number of hydrogen-bond donors (Lipinski definition) is 0. The number of ether oxygens (including phenoxy) is 2. The van der Waals surface area contributed by atoms with Crippen LogP contribution in [-0.4, -0.2) is 24.8 Å². The van der Waals surface area contributed by atoms with Gasteiger partial charge in [-0.2, -0.15) is 0 Å². The Labute approximate surface area is 106 Å². The van der Waals surface area contributed by atoms with Crippen LogP contribution in [-0.2, 0) is 14.3 Å². The SMILES string of the molecule is CCOC(C)OC(C)(C)CCCC(C)CC=O. The monoisotopic (exact) mass is 244 g/mol. The van der Waals surface area contributed by atoms with Crippen LogP contribution in [0.3, 0.4) is 0 Å². The van der Waals surface area contributed by atoms with E-state index in [0.29, 0.717) is 18.9 Å². The fourth-order valence-electron chi connectivity index (χ4n) is 1.94. The summed E-state index contributed by atoms with van der Waals surface area (Å²) < 4.78 is 11.2. The molecule has 0 aliphatic heterocycles. The van der Waals surface area contributed by atoms with E-state index in [1.54, 1.807) is 0 Å². The van der Waals surface area contributed by atoms with Gasteiger partial charge in [-0.3, -0.25) is 0 Å². The highest BCUT2D eigenvalue weighted by molar-refractivity contribution is 5.49. The Morgan fingerprint density at radius 3 is 2.47 bits per heavy atom. The molecular weight excluding hydrogens is 216 g/mol. The number of aldehydes is 1. The smallest absolute Gasteiger partial charge is 0.155 e. The van der Waals surface area contributed by atoms with E-state index in [9.17, 15) is 4.79 Å². The van der Waals surface area contributed by atoms with Crippen molar-refractivity contribution in [1.82, 2.24) is 0 Å². The first-order chi connectivity index (χ1) is 7.91. The highest BCUT2D eigenvalue weighted by Crippen LogP contribution is 2.22. The lowest BCUT2D eigenvalue weighted by Crippen LogP contribution is -2.30. The zero-order chi connectivity index (χ0) is 13.3. The molecule has 0 radical (unpaired) electrons. The molecule has 17 heavy (non-hydrogen) atoms. The Bertz CT molecular complexity index is 202. The summed E-state index contributed by atoms with van der Waals surface area (Å²) in [6.45, 7) is 10.9. The van der Waals surface area contributed by atoms with Gasteiger partial charge in [0, 0.05) is 13.0 Å². The van der Waals surface area contributed by atoms with Crippen LogP contribution in [0.15, 0.2) is 0 Å². The van der Waals surface area contributed by atoms with Crippen molar-refractivity contribution in [2.75, 3.05) is 6.61 Å². The van der Waals surface area contributed by atoms with E-state index in [1.807, 2.05) is 13.8 Å². The maximum absolute atomic E-state index is 10.4. The molecule has 0 saturated carbocycles. The Morgan fingerprint density at radius 1 is 1.29 bits per heavy atom. The minimum atomic E-state index is -0.157. The Kier molecular flexibility index (Phi) is 8.44. The van der Waals surface area contributed by atoms with Gasteiger partial charge in [-0.1, -0.05) is 19.8 Å². The molecule has 102 valence electrons. The number of rotatable bonds is 10. The molecule has 0 N–H and O–H groups in total. The molecule has 0 amide bonds. The van der Waals surface area contributed by atoms with E-state index >= 15 is 0 Å². The summed E-state index contributed by atoms with van der Waals surface area (Å²) in [6, 6.07) is 0. The van der Waals surface area contributed by atoms with Gasteiger partial charge in [-0.25, -0.2) is 0 Å². The highest BCUT2D eigenvalue weighted by atomic mass is 16.7. The molecule has 0 aliphatic carbocycles. The third-order valence-corrected chi connectivity index (χ3v) is 2.86. The molecule has 0 rings (SSSR count). The van der Waals surface area contributed by atoms with Crippen molar-refractivity contribution >= 4 is 6.29 Å². The van der Waals surface area contributed by atoms with Gasteiger partial charge in [0.1, 0.15) is 6.29 Å². The normalized spacial score (nSPS) is 15.6. The molecule has 0 aromatic heterocycles. The largest absolute Gasteiger partial charge is 0.353 e. The predicted octanol–water partition coefficient (Wildman–Crippen LogP) is 3.56. The lowest BCUT2D eigenvalue weighted by Gasteiger charge is -2.29. The summed E-state index contributed by atoms with van der Waals surface area (Å²) >= 11 is 0. The molecule has 3 nitrogen and oxygen atoms in total. The van der Waals surface area contributed by atoms with Crippen LogP contribution in [0.2, 0.25) is 0 Å². The molecular formula is C14H28O3. The minimum Gasteiger partial charge on any atom is -0.353 e. The zero-order valence-corrected chi connectivity index (χ0v) is 12.0. The van der Waals surface area contributed by atoms with Crippen molar-refractivity contribution in [2.45, 2.75) is 72.2 Å². The topological polar surface area (TPSA) is 35.5 Å². The van der Waals surface area contributed by atoms with Gasteiger partial charge in [-0.05, 0) is 40.0 Å². The molecule has 0 aromatic carbocycles. The standard InChI is InChI=1S/C14H28O3/c1-6-16-13(3)17-14(4,5)10-7-8-12(2)9-11-15/h11-13H,6-10H2,1-5H3. The minimum absolute atomic E-state index is 0.151. The summed E-state index contributed by atoms with van der Waals surface area (Å²) in [5, 5.41) is 0. The lowest BCUT2D eigenvalue weighted by atomic mass is 9.95. The van der Waals surface area contributed by atoms with E-state index in [1.165, 1.54) is 0 Å². The predicted molar refractivity (Wildman–Crippen MR) is 69.9 cm³/mol. The van der Waals surface area contributed by atoms with Crippen molar-refractivity contribution < 1.29 is 14.3 Å². The lowest BCUT2D eigenvalue weighted by molar-refractivity contribution is -0.191. The maximum atomic E-state index is 10.4. The first-order valence-corrected chi connectivity index (χ1v) is 6.64. The van der Waals surface area contributed by atoms with Crippen LogP contribution in [0.1, 0.15) is 60.3 Å². The second kappa shape index (κ2) is 8.65. The van der Waals surface area contributed by atoms with Crippen molar-refractivity contribution in [3.05, 3.63) is 0 Å². The Morgan fingerprint density at radius 2 is 1.94 bits per heavy atom. The van der Waals surface area contributed by atoms with Gasteiger partial charge >= 0.3 is 0 Å². The molecule has 2 unspecified atom stereocenters. The first kappa shape index (κ1) is 16.6. The van der Waals surface area contributed by atoms with Crippen LogP contribution < -0.4 is 0 Å². The first-order valence-electron chi connectivity index (χ1n) is 6.64. The Hall–Kier alpha value is -0.410. The third-order valence-electron chi connectivity index (χ3n) is 2.86. The Balaban J connectivity index is 3.80. The second-order valence-corrected chi connectivity index (χ2v) is 5.30. The van der Waals surface area contributed by atoms with Crippen molar-refractivity contribution in [1.29, 1.82) is 0 Å². The second-order valence-electron chi connectivity index (χ2n) is 5.30. The van der Waals surface area contributed by atoms with Crippen molar-refractivity contribution in [3.63, 3.8) is 0 Å². The number of carbonyl (C=O) groups excluding carboxylic acids is 1. The summed E-state index contributed by atoms with van der Waals surface area (Å²) in [5.41, 5.74) is -0.157. The summed E-state index contributed by atoms with van der Waals surface area (Å²) in [5.74, 6) is 0.479. The molecule has 0 bridgehead atoms. The molecule has 0 heterocycles. The van der Waals surface area contributed by atoms with Crippen molar-refractivity contribution in [3.8, 4) is 0 Å². The fourth-order valence-corrected chi connectivity index (χ4v) is 1.94. The molecule has 2 atom stereocenters. The molecule has 3 heteroatoms. The summed E-state index contributed by atoms with van der Waals surface area (Å²) in [7, 11) is 0. The van der Waals surface area contributed by atoms with Crippen LogP contribution in [0.5, 0.6) is 0 Å². The van der Waals surface area contributed by atoms with Gasteiger partial charge in [0.25, 0.3) is 0 Å². The third kappa shape index (κ3) is 9.31. The molecule has 0 spiro atoms. The van der Waals surface area contributed by atoms with E-state index in [-0.39, 0.29) is 11.9 Å². The van der Waals surface area contributed by atoms with Gasteiger partial charge in [0.05, 0.1) is 5.60 Å². The van der Waals surface area contributed by atoms with Crippen molar-refractivity contribution in [2.24, 2.45) is 5.92 Å². The summed E-state index contributed by atoms with van der Waals surface area (Å²) in [4.78, 5) is 10.4. The quantitative estimate of drug-likeness (QED) is 0.435. The van der Waals surface area contributed by atoms with E-state index in [0.717, 1.165) is 25.5 Å².